The van der Waals surface area contributed by atoms with E-state index in [4.69, 9.17) is 29.3 Å². The minimum Gasteiger partial charge on any atom is -0.493 e. The first-order chi connectivity index (χ1) is 18.0. The topological polar surface area (TPSA) is 107 Å². The molecular weight excluding hydrogens is 540 g/mol. The van der Waals surface area contributed by atoms with E-state index in [1.54, 1.807) is 27.7 Å². The smallest absolute Gasteiger partial charge is 0.228 e. The lowest BCUT2D eigenvalue weighted by Gasteiger charge is -2.21. The van der Waals surface area contributed by atoms with Crippen molar-refractivity contribution in [1.29, 1.82) is 0 Å². The summed E-state index contributed by atoms with van der Waals surface area (Å²) in [5.41, 5.74) is 1.56. The number of hydrogen-bond acceptors (Lipinski definition) is 9. The van der Waals surface area contributed by atoms with Gasteiger partial charge in [-0.3, -0.25) is 0 Å². The lowest BCUT2D eigenvalue weighted by atomic mass is 10.2. The second kappa shape index (κ2) is 10.4. The van der Waals surface area contributed by atoms with Gasteiger partial charge in [0.25, 0.3) is 0 Å². The highest BCUT2D eigenvalue weighted by molar-refractivity contribution is 9.10. The molecule has 0 saturated carbocycles. The van der Waals surface area contributed by atoms with Crippen molar-refractivity contribution < 1.29 is 19.3 Å². The van der Waals surface area contributed by atoms with Gasteiger partial charge in [-0.05, 0) is 37.0 Å². The highest BCUT2D eigenvalue weighted by atomic mass is 79.9. The van der Waals surface area contributed by atoms with Crippen LogP contribution in [0.25, 0.3) is 16.6 Å². The molecule has 5 rings (SSSR count). The molecule has 3 heterocycles. The monoisotopic (exact) mass is 564 g/mol. The molecule has 2 aromatic carbocycles. The van der Waals surface area contributed by atoms with Gasteiger partial charge in [0, 0.05) is 28.5 Å². The molecule has 1 fully saturated rings. The minimum atomic E-state index is -0.137. The van der Waals surface area contributed by atoms with Crippen molar-refractivity contribution in [3.8, 4) is 35.0 Å². The molecule has 11 heteroatoms. The first-order valence-corrected chi connectivity index (χ1v) is 12.3. The normalized spacial score (nSPS) is 14.8. The summed E-state index contributed by atoms with van der Waals surface area (Å²) in [4.78, 5) is 16.2. The van der Waals surface area contributed by atoms with Crippen LogP contribution in [-0.4, -0.2) is 58.5 Å². The van der Waals surface area contributed by atoms with Crippen LogP contribution in [0.5, 0.6) is 17.2 Å². The maximum Gasteiger partial charge on any atom is 0.228 e. The number of aliphatic hydroxyl groups is 1. The first-order valence-electron chi connectivity index (χ1n) is 11.5. The Morgan fingerprint density at radius 3 is 2.57 bits per heavy atom. The number of methoxy groups -OCH3 is 3. The fourth-order valence-electron chi connectivity index (χ4n) is 4.41. The third-order valence-electron chi connectivity index (χ3n) is 6.16. The van der Waals surface area contributed by atoms with Crippen LogP contribution in [0, 0.1) is 12.0 Å². The van der Waals surface area contributed by atoms with Crippen LogP contribution in [0.3, 0.4) is 0 Å². The Morgan fingerprint density at radius 2 is 1.86 bits per heavy atom. The molecule has 190 valence electrons. The van der Waals surface area contributed by atoms with Crippen molar-refractivity contribution in [3.63, 3.8) is 0 Å². The molecule has 1 saturated heterocycles. The Bertz CT molecular complexity index is 1490. The van der Waals surface area contributed by atoms with Crippen LogP contribution >= 0.6 is 15.9 Å². The van der Waals surface area contributed by atoms with Crippen LogP contribution in [0.2, 0.25) is 0 Å². The molecule has 10 nitrogen and oxygen atoms in total. The Kier molecular flexibility index (Phi) is 6.92. The molecule has 2 aromatic heterocycles. The van der Waals surface area contributed by atoms with E-state index in [1.165, 1.54) is 0 Å². The Labute approximate surface area is 222 Å². The van der Waals surface area contributed by atoms with Gasteiger partial charge in [0.05, 0.1) is 44.8 Å². The van der Waals surface area contributed by atoms with Crippen molar-refractivity contribution >= 4 is 44.4 Å². The number of nitrogens with zero attached hydrogens (tertiary/aromatic N) is 5. The third-order valence-corrected chi connectivity index (χ3v) is 6.66. The number of imidazole rings is 1. The predicted molar refractivity (Wildman–Crippen MR) is 144 cm³/mol. The molecule has 1 atom stereocenters. The van der Waals surface area contributed by atoms with Crippen molar-refractivity contribution in [2.45, 2.75) is 18.9 Å². The van der Waals surface area contributed by atoms with Crippen molar-refractivity contribution in [1.82, 2.24) is 19.5 Å². The number of nitrogens with one attached hydrogen (secondary N) is 1. The Hall–Kier alpha value is -4.17. The van der Waals surface area contributed by atoms with E-state index < -0.39 is 0 Å². The van der Waals surface area contributed by atoms with Gasteiger partial charge >= 0.3 is 0 Å². The standard InChI is InChI=1S/C26H25BrN6O4/c1-35-21-12-18(13-22(36-2)24(21)37-3)32-14-23(28-15-32)30-25-19-7-6-16(27)11-20(19)29-26(31-25)33-9-4-5-17(33)8-10-34/h6-7,11-15,17,34H,4-5,9H2,1-3H3,(H,29,30,31). The summed E-state index contributed by atoms with van der Waals surface area (Å²) in [6.07, 6.45) is 7.37. The van der Waals surface area contributed by atoms with Gasteiger partial charge in [0.2, 0.25) is 11.7 Å². The van der Waals surface area contributed by atoms with E-state index >= 15 is 0 Å². The fourth-order valence-corrected chi connectivity index (χ4v) is 4.76. The van der Waals surface area contributed by atoms with E-state index in [2.05, 4.69) is 32.2 Å². The van der Waals surface area contributed by atoms with E-state index in [-0.39, 0.29) is 6.04 Å². The van der Waals surface area contributed by atoms with Crippen molar-refractivity contribution in [3.05, 3.63) is 47.3 Å². The lowest BCUT2D eigenvalue weighted by Crippen LogP contribution is -2.29. The summed E-state index contributed by atoms with van der Waals surface area (Å²) in [6.45, 7) is 0.758. The van der Waals surface area contributed by atoms with Crippen LogP contribution in [0.4, 0.5) is 17.6 Å². The highest BCUT2D eigenvalue weighted by Gasteiger charge is 2.26. The summed E-state index contributed by atoms with van der Waals surface area (Å²) in [6, 6.07) is 9.40. The molecule has 37 heavy (non-hydrogen) atoms. The zero-order chi connectivity index (χ0) is 25.9. The van der Waals surface area contributed by atoms with E-state index in [1.807, 2.05) is 52.1 Å². The number of anilines is 3. The second-order valence-corrected chi connectivity index (χ2v) is 9.23. The van der Waals surface area contributed by atoms with Crippen LogP contribution in [0.15, 0.2) is 47.3 Å². The van der Waals surface area contributed by atoms with Crippen molar-refractivity contribution in [2.24, 2.45) is 0 Å². The highest BCUT2D eigenvalue weighted by Crippen LogP contribution is 2.39. The molecule has 0 amide bonds. The zero-order valence-electron chi connectivity index (χ0n) is 20.5. The first kappa shape index (κ1) is 24.5. The number of fused-ring (bicyclic) bond motifs is 1. The fraction of sp³-hybridized carbons (Fsp3) is 0.269. The average Bonchev–Trinajstić information content (AvgIpc) is 3.57. The van der Waals surface area contributed by atoms with Gasteiger partial charge in [-0.25, -0.2) is 9.97 Å². The quantitative estimate of drug-likeness (QED) is 0.310. The van der Waals surface area contributed by atoms with Crippen molar-refractivity contribution in [2.75, 3.05) is 38.1 Å². The van der Waals surface area contributed by atoms with Gasteiger partial charge in [0.1, 0.15) is 24.1 Å². The average molecular weight is 565 g/mol. The SMILES string of the molecule is COc1cc(-n2cnc(Nc3nc(N4CCCC4C#CO)nc4cc(Br)ccc34)c2)cc(OC)c1OC. The Balaban J connectivity index is 1.52. The van der Waals surface area contributed by atoms with E-state index in [0.29, 0.717) is 34.8 Å². The number of ether oxygens (including phenoxy) is 3. The summed E-state index contributed by atoms with van der Waals surface area (Å²) < 4.78 is 19.2. The molecule has 1 unspecified atom stereocenters. The molecule has 0 bridgehead atoms. The lowest BCUT2D eigenvalue weighted by molar-refractivity contribution is 0.324. The summed E-state index contributed by atoms with van der Waals surface area (Å²) in [5.74, 6) is 6.21. The predicted octanol–water partition coefficient (Wildman–Crippen LogP) is 4.65. The van der Waals surface area contributed by atoms with Gasteiger partial charge in [-0.15, -0.1) is 0 Å². The number of aromatic nitrogens is 4. The van der Waals surface area contributed by atoms with Crippen LogP contribution in [0.1, 0.15) is 12.8 Å². The molecule has 0 aliphatic carbocycles. The molecule has 0 spiro atoms. The van der Waals surface area contributed by atoms with Crippen LogP contribution < -0.4 is 24.4 Å². The Morgan fingerprint density at radius 1 is 1.08 bits per heavy atom. The molecule has 1 aliphatic rings. The van der Waals surface area contributed by atoms with Gasteiger partial charge in [-0.1, -0.05) is 15.9 Å². The third kappa shape index (κ3) is 4.80. The van der Waals surface area contributed by atoms with E-state index in [9.17, 15) is 0 Å². The summed E-state index contributed by atoms with van der Waals surface area (Å²) >= 11 is 3.54. The number of hydrogen-bond donors (Lipinski definition) is 2. The maximum atomic E-state index is 9.16. The van der Waals surface area contributed by atoms with Gasteiger partial charge in [-0.2, -0.15) is 4.98 Å². The second-order valence-electron chi connectivity index (χ2n) is 8.32. The number of aliphatic hydroxyl groups excluding tert-OH is 1. The molecule has 2 N–H and O–H groups in total. The molecule has 0 radical (unpaired) electrons. The largest absolute Gasteiger partial charge is 0.493 e. The molecular formula is C26H25BrN6O4. The van der Waals surface area contributed by atoms with E-state index in [0.717, 1.165) is 40.4 Å². The van der Waals surface area contributed by atoms with Gasteiger partial charge in [0.15, 0.2) is 11.5 Å². The number of halogens is 1. The summed E-state index contributed by atoms with van der Waals surface area (Å²) in [5, 5.41) is 13.4. The summed E-state index contributed by atoms with van der Waals surface area (Å²) in [7, 11) is 4.73. The molecule has 1 aliphatic heterocycles. The van der Waals surface area contributed by atoms with Gasteiger partial charge < -0.3 is 34.1 Å². The zero-order valence-corrected chi connectivity index (χ0v) is 22.1. The number of benzene rings is 2. The van der Waals surface area contributed by atoms with Crippen LogP contribution in [-0.2, 0) is 0 Å². The minimum absolute atomic E-state index is 0.137. The maximum absolute atomic E-state index is 9.16. The molecule has 4 aromatic rings. The number of rotatable bonds is 7.